The summed E-state index contributed by atoms with van der Waals surface area (Å²) in [4.78, 5) is 12.7. The van der Waals surface area contributed by atoms with Crippen LogP contribution < -0.4 is 9.62 Å². The van der Waals surface area contributed by atoms with Crippen LogP contribution in [0.25, 0.3) is 0 Å². The molecule has 0 spiro atoms. The minimum atomic E-state index is -3.93. The Bertz CT molecular complexity index is 946. The van der Waals surface area contributed by atoms with Crippen LogP contribution in [0.15, 0.2) is 42.5 Å². The molecule has 8 heteroatoms. The molecule has 146 valence electrons. The molecule has 27 heavy (non-hydrogen) atoms. The smallest absolute Gasteiger partial charge is 0.248 e. The summed E-state index contributed by atoms with van der Waals surface area (Å²) in [6.45, 7) is 5.33. The van der Waals surface area contributed by atoms with E-state index in [9.17, 15) is 22.0 Å². The van der Waals surface area contributed by atoms with Gasteiger partial charge in [-0.05, 0) is 36.6 Å². The Labute approximate surface area is 158 Å². The van der Waals surface area contributed by atoms with Crippen LogP contribution in [0.4, 0.5) is 20.2 Å². The highest BCUT2D eigenvalue weighted by molar-refractivity contribution is 7.92. The fourth-order valence-electron chi connectivity index (χ4n) is 2.78. The number of anilines is 2. The van der Waals surface area contributed by atoms with Gasteiger partial charge in [0.15, 0.2) is 11.6 Å². The summed E-state index contributed by atoms with van der Waals surface area (Å²) in [5, 5.41) is 2.73. The Morgan fingerprint density at radius 1 is 1.04 bits per heavy atom. The van der Waals surface area contributed by atoms with Gasteiger partial charge >= 0.3 is 0 Å². The Morgan fingerprint density at radius 3 is 2.22 bits per heavy atom. The third-order valence-corrected chi connectivity index (χ3v) is 5.33. The number of carbonyl (C=O) groups is 1. The Hall–Kier alpha value is -2.48. The van der Waals surface area contributed by atoms with E-state index in [-0.39, 0.29) is 11.6 Å². The molecular formula is C19H22F2N2O3S. The first-order valence-corrected chi connectivity index (χ1v) is 10.2. The summed E-state index contributed by atoms with van der Waals surface area (Å²) < 4.78 is 52.0. The first kappa shape index (κ1) is 20.8. The zero-order chi connectivity index (χ0) is 20.4. The maximum absolute atomic E-state index is 13.6. The van der Waals surface area contributed by atoms with Gasteiger partial charge in [0.05, 0.1) is 11.9 Å². The maximum atomic E-state index is 13.6. The highest BCUT2D eigenvalue weighted by atomic mass is 32.2. The minimum Gasteiger partial charge on any atom is -0.324 e. The largest absolute Gasteiger partial charge is 0.324 e. The van der Waals surface area contributed by atoms with Gasteiger partial charge in [0.1, 0.15) is 6.04 Å². The van der Waals surface area contributed by atoms with Gasteiger partial charge in [-0.2, -0.15) is 0 Å². The molecule has 0 aromatic heterocycles. The van der Waals surface area contributed by atoms with Crippen LogP contribution in [-0.4, -0.2) is 26.6 Å². The van der Waals surface area contributed by atoms with Crippen LogP contribution in [0.2, 0.25) is 0 Å². The molecule has 2 aromatic carbocycles. The molecular weight excluding hydrogens is 374 g/mol. The predicted octanol–water partition coefficient (Wildman–Crippen LogP) is 3.88. The lowest BCUT2D eigenvalue weighted by molar-refractivity contribution is -0.116. The van der Waals surface area contributed by atoms with Crippen molar-refractivity contribution >= 4 is 27.3 Å². The van der Waals surface area contributed by atoms with Gasteiger partial charge in [-0.3, -0.25) is 9.10 Å². The molecule has 0 aliphatic rings. The summed E-state index contributed by atoms with van der Waals surface area (Å²) >= 11 is 0. The lowest BCUT2D eigenvalue weighted by Crippen LogP contribution is -2.45. The standard InChI is InChI=1S/C19H22F2N2O3S/c1-12(2)15-7-5-6-8-18(15)22-19(24)13(3)23(27(4,25)26)14-9-10-16(20)17(21)11-14/h5-13H,1-4H3,(H,22,24)/t13-/m1/s1. The van der Waals surface area contributed by atoms with E-state index in [4.69, 9.17) is 0 Å². The van der Waals surface area contributed by atoms with E-state index in [1.54, 1.807) is 12.1 Å². The molecule has 1 amide bonds. The van der Waals surface area contributed by atoms with Crippen LogP contribution in [-0.2, 0) is 14.8 Å². The number of hydrogen-bond donors (Lipinski definition) is 1. The van der Waals surface area contributed by atoms with Crippen LogP contribution in [0.3, 0.4) is 0 Å². The molecule has 1 atom stereocenters. The third-order valence-electron chi connectivity index (χ3n) is 4.09. The first-order chi connectivity index (χ1) is 12.5. The molecule has 0 radical (unpaired) electrons. The number of hydrogen-bond acceptors (Lipinski definition) is 3. The number of amides is 1. The van der Waals surface area contributed by atoms with Gasteiger partial charge in [0.2, 0.25) is 15.9 Å². The highest BCUT2D eigenvalue weighted by Gasteiger charge is 2.30. The van der Waals surface area contributed by atoms with Crippen molar-refractivity contribution in [1.82, 2.24) is 0 Å². The second-order valence-corrected chi connectivity index (χ2v) is 8.42. The van der Waals surface area contributed by atoms with Crippen molar-refractivity contribution in [3.8, 4) is 0 Å². The Kier molecular flexibility index (Phi) is 6.20. The van der Waals surface area contributed by atoms with E-state index >= 15 is 0 Å². The van der Waals surface area contributed by atoms with Crippen molar-refractivity contribution in [2.45, 2.75) is 32.7 Å². The van der Waals surface area contributed by atoms with Gasteiger partial charge in [0.25, 0.3) is 0 Å². The van der Waals surface area contributed by atoms with Crippen molar-refractivity contribution < 1.29 is 22.0 Å². The number of benzene rings is 2. The molecule has 2 aromatic rings. The summed E-state index contributed by atoms with van der Waals surface area (Å²) in [6, 6.07) is 8.71. The van der Waals surface area contributed by atoms with Crippen LogP contribution >= 0.6 is 0 Å². The zero-order valence-corrected chi connectivity index (χ0v) is 16.3. The molecule has 0 saturated carbocycles. The van der Waals surface area contributed by atoms with E-state index in [0.29, 0.717) is 5.69 Å². The summed E-state index contributed by atoms with van der Waals surface area (Å²) in [6.07, 6.45) is 0.903. The molecule has 1 N–H and O–H groups in total. The van der Waals surface area contributed by atoms with Crippen LogP contribution in [0, 0.1) is 11.6 Å². The number of para-hydroxylation sites is 1. The van der Waals surface area contributed by atoms with Crippen LogP contribution in [0.5, 0.6) is 0 Å². The van der Waals surface area contributed by atoms with Crippen molar-refractivity contribution in [2.24, 2.45) is 0 Å². The zero-order valence-electron chi connectivity index (χ0n) is 15.5. The molecule has 0 heterocycles. The fourth-order valence-corrected chi connectivity index (χ4v) is 3.95. The van der Waals surface area contributed by atoms with E-state index in [1.807, 2.05) is 26.0 Å². The van der Waals surface area contributed by atoms with E-state index in [0.717, 1.165) is 34.3 Å². The monoisotopic (exact) mass is 396 g/mol. The summed E-state index contributed by atoms with van der Waals surface area (Å²) in [5.41, 5.74) is 1.34. The van der Waals surface area contributed by atoms with Gasteiger partial charge < -0.3 is 5.32 Å². The maximum Gasteiger partial charge on any atom is 0.248 e. The second-order valence-electron chi connectivity index (χ2n) is 6.56. The van der Waals surface area contributed by atoms with Gasteiger partial charge in [-0.15, -0.1) is 0 Å². The first-order valence-electron chi connectivity index (χ1n) is 8.36. The van der Waals surface area contributed by atoms with Gasteiger partial charge in [-0.1, -0.05) is 32.0 Å². The van der Waals surface area contributed by atoms with Gasteiger partial charge in [-0.25, -0.2) is 17.2 Å². The third kappa shape index (κ3) is 4.82. The number of nitrogens with one attached hydrogen (secondary N) is 1. The summed E-state index contributed by atoms with van der Waals surface area (Å²) in [5.74, 6) is -2.73. The molecule has 0 bridgehead atoms. The lowest BCUT2D eigenvalue weighted by Gasteiger charge is -2.28. The van der Waals surface area contributed by atoms with Crippen LogP contribution in [0.1, 0.15) is 32.3 Å². The van der Waals surface area contributed by atoms with Crippen molar-refractivity contribution in [1.29, 1.82) is 0 Å². The number of nitrogens with zero attached hydrogens (tertiary/aromatic N) is 1. The van der Waals surface area contributed by atoms with E-state index in [1.165, 1.54) is 6.92 Å². The van der Waals surface area contributed by atoms with Crippen molar-refractivity contribution in [3.63, 3.8) is 0 Å². The molecule has 0 saturated heterocycles. The van der Waals surface area contributed by atoms with Crippen molar-refractivity contribution in [3.05, 3.63) is 59.7 Å². The number of rotatable bonds is 6. The summed E-state index contributed by atoms with van der Waals surface area (Å²) in [7, 11) is -3.93. The topological polar surface area (TPSA) is 66.5 Å². The van der Waals surface area contributed by atoms with Crippen molar-refractivity contribution in [2.75, 3.05) is 15.9 Å². The van der Waals surface area contributed by atoms with E-state index < -0.39 is 33.6 Å². The molecule has 0 fully saturated rings. The molecule has 5 nitrogen and oxygen atoms in total. The van der Waals surface area contributed by atoms with Gasteiger partial charge in [0, 0.05) is 11.8 Å². The number of sulfonamides is 1. The quantitative estimate of drug-likeness (QED) is 0.806. The lowest BCUT2D eigenvalue weighted by atomic mass is 10.0. The average molecular weight is 396 g/mol. The molecule has 0 aliphatic heterocycles. The van der Waals surface area contributed by atoms with E-state index in [2.05, 4.69) is 5.32 Å². The molecule has 0 unspecified atom stereocenters. The minimum absolute atomic E-state index is 0.129. The predicted molar refractivity (Wildman–Crippen MR) is 102 cm³/mol. The SMILES string of the molecule is CC(C)c1ccccc1NC(=O)[C@@H](C)N(c1ccc(F)c(F)c1)S(C)(=O)=O. The second kappa shape index (κ2) is 8.04. The average Bonchev–Trinajstić information content (AvgIpc) is 2.57. The normalized spacial score (nSPS) is 12.7. The molecule has 0 aliphatic carbocycles. The Balaban J connectivity index is 2.37. The fraction of sp³-hybridized carbons (Fsp3) is 0.316. The molecule has 2 rings (SSSR count). The Morgan fingerprint density at radius 2 is 1.67 bits per heavy atom. The number of halogens is 2. The highest BCUT2D eigenvalue weighted by Crippen LogP contribution is 2.26. The number of carbonyl (C=O) groups excluding carboxylic acids is 1.